The fourth-order valence-corrected chi connectivity index (χ4v) is 2.66. The zero-order valence-electron chi connectivity index (χ0n) is 14.2. The highest BCUT2D eigenvalue weighted by Gasteiger charge is 2.35. The molecule has 0 N–H and O–H groups in total. The van der Waals surface area contributed by atoms with Gasteiger partial charge < -0.3 is 16.9 Å². The highest BCUT2D eigenvalue weighted by atomic mass is 35.5. The summed E-state index contributed by atoms with van der Waals surface area (Å²) in [6.45, 7) is 9.28. The fourth-order valence-electron chi connectivity index (χ4n) is 2.66. The number of nitrogens with zero attached hydrogens (tertiary/aromatic N) is 1. The van der Waals surface area contributed by atoms with Crippen LogP contribution in [0.25, 0.3) is 0 Å². The van der Waals surface area contributed by atoms with Gasteiger partial charge in [0.15, 0.2) is 0 Å². The van der Waals surface area contributed by atoms with Gasteiger partial charge >= 0.3 is 0 Å². The molecule has 2 heteroatoms. The second-order valence-corrected chi connectivity index (χ2v) is 7.17. The Morgan fingerprint density at radius 1 is 0.773 bits per heavy atom. The van der Waals surface area contributed by atoms with Crippen molar-refractivity contribution in [2.24, 2.45) is 0 Å². The van der Waals surface area contributed by atoms with Gasteiger partial charge in [0.1, 0.15) is 6.54 Å². The van der Waals surface area contributed by atoms with E-state index >= 15 is 0 Å². The first-order chi connectivity index (χ1) is 9.91. The van der Waals surface area contributed by atoms with Crippen LogP contribution in [-0.2, 0) is 13.0 Å². The number of halogens is 1. The maximum atomic E-state index is 2.38. The summed E-state index contributed by atoms with van der Waals surface area (Å²) in [5.74, 6) is 0. The van der Waals surface area contributed by atoms with E-state index in [1.54, 1.807) is 0 Å². The van der Waals surface area contributed by atoms with Crippen LogP contribution in [0.2, 0.25) is 0 Å². The van der Waals surface area contributed by atoms with E-state index in [1.165, 1.54) is 11.1 Å². The lowest BCUT2D eigenvalue weighted by atomic mass is 9.98. The first-order valence-electron chi connectivity index (χ1n) is 7.83. The molecule has 0 aliphatic carbocycles. The van der Waals surface area contributed by atoms with Crippen LogP contribution in [0, 0.1) is 0 Å². The summed E-state index contributed by atoms with van der Waals surface area (Å²) >= 11 is 0. The third-order valence-electron chi connectivity index (χ3n) is 4.73. The highest BCUT2D eigenvalue weighted by Crippen LogP contribution is 2.26. The van der Waals surface area contributed by atoms with Gasteiger partial charge in [-0.3, -0.25) is 0 Å². The third kappa shape index (κ3) is 4.86. The SMILES string of the molecule is CC(C)(C)[N+](C)(CCc1ccccc1)Cc1ccccc1.[Cl-]. The van der Waals surface area contributed by atoms with Gasteiger partial charge in [0, 0.05) is 12.0 Å². The minimum Gasteiger partial charge on any atom is -1.00 e. The first kappa shape index (κ1) is 18.7. The molecule has 0 amide bonds. The van der Waals surface area contributed by atoms with E-state index in [4.69, 9.17) is 0 Å². The molecule has 2 rings (SSSR count). The van der Waals surface area contributed by atoms with Crippen molar-refractivity contribution in [3.8, 4) is 0 Å². The van der Waals surface area contributed by atoms with Gasteiger partial charge in [-0.05, 0) is 26.3 Å². The van der Waals surface area contributed by atoms with Crippen molar-refractivity contribution >= 4 is 0 Å². The number of benzene rings is 2. The Hall–Kier alpha value is -1.31. The van der Waals surface area contributed by atoms with E-state index in [9.17, 15) is 0 Å². The van der Waals surface area contributed by atoms with E-state index in [1.807, 2.05) is 0 Å². The van der Waals surface area contributed by atoms with Crippen molar-refractivity contribution in [1.82, 2.24) is 0 Å². The molecule has 120 valence electrons. The predicted octanol–water partition coefficient (Wildman–Crippen LogP) is 1.68. The number of hydrogen-bond donors (Lipinski definition) is 0. The van der Waals surface area contributed by atoms with Crippen LogP contribution in [0.3, 0.4) is 0 Å². The Bertz CT molecular complexity index is 545. The lowest BCUT2D eigenvalue weighted by Crippen LogP contribution is -3.00. The Kier molecular flexibility index (Phi) is 6.65. The molecule has 0 saturated heterocycles. The van der Waals surface area contributed by atoms with E-state index < -0.39 is 0 Å². The zero-order valence-corrected chi connectivity index (χ0v) is 15.0. The predicted molar refractivity (Wildman–Crippen MR) is 91.1 cm³/mol. The smallest absolute Gasteiger partial charge is 0.105 e. The Balaban J connectivity index is 0.00000242. The molecule has 22 heavy (non-hydrogen) atoms. The maximum Gasteiger partial charge on any atom is 0.105 e. The summed E-state index contributed by atoms with van der Waals surface area (Å²) < 4.78 is 1.05. The van der Waals surface area contributed by atoms with E-state index in [-0.39, 0.29) is 17.9 Å². The van der Waals surface area contributed by atoms with E-state index in [0.717, 1.165) is 24.0 Å². The van der Waals surface area contributed by atoms with Gasteiger partial charge in [-0.1, -0.05) is 60.7 Å². The standard InChI is InChI=1S/C20H28N.ClH/c1-20(2,3)21(4,17-19-13-9-6-10-14-19)16-15-18-11-7-5-8-12-18;/h5-14H,15-17H2,1-4H3;1H/q+1;/p-1. The first-order valence-corrected chi connectivity index (χ1v) is 7.83. The lowest BCUT2D eigenvalue weighted by Gasteiger charge is -2.46. The van der Waals surface area contributed by atoms with Gasteiger partial charge in [-0.25, -0.2) is 0 Å². The number of rotatable bonds is 5. The zero-order chi connectivity index (χ0) is 15.3. The van der Waals surface area contributed by atoms with Crippen LogP contribution in [0.15, 0.2) is 60.7 Å². The Labute approximate surface area is 142 Å². The van der Waals surface area contributed by atoms with Crippen LogP contribution in [0.1, 0.15) is 31.9 Å². The minimum absolute atomic E-state index is 0. The van der Waals surface area contributed by atoms with E-state index in [2.05, 4.69) is 88.5 Å². The maximum absolute atomic E-state index is 2.38. The van der Waals surface area contributed by atoms with Crippen LogP contribution in [-0.4, -0.2) is 23.6 Å². The monoisotopic (exact) mass is 317 g/mol. The van der Waals surface area contributed by atoms with Crippen molar-refractivity contribution in [2.45, 2.75) is 39.3 Å². The minimum atomic E-state index is 0. The van der Waals surface area contributed by atoms with Crippen LogP contribution < -0.4 is 12.4 Å². The molecule has 2 aromatic rings. The number of likely N-dealkylation sites (N-methyl/N-ethyl adjacent to an activating group) is 1. The average Bonchev–Trinajstić information content (AvgIpc) is 2.46. The van der Waals surface area contributed by atoms with Crippen molar-refractivity contribution in [1.29, 1.82) is 0 Å². The third-order valence-corrected chi connectivity index (χ3v) is 4.73. The quantitative estimate of drug-likeness (QED) is 0.736. The molecule has 0 spiro atoms. The largest absolute Gasteiger partial charge is 1.00 e. The highest BCUT2D eigenvalue weighted by molar-refractivity contribution is 5.15. The van der Waals surface area contributed by atoms with Crippen LogP contribution >= 0.6 is 0 Å². The average molecular weight is 318 g/mol. The summed E-state index contributed by atoms with van der Waals surface area (Å²) in [6, 6.07) is 21.7. The van der Waals surface area contributed by atoms with Crippen LogP contribution in [0.5, 0.6) is 0 Å². The molecule has 0 aromatic heterocycles. The Morgan fingerprint density at radius 2 is 1.23 bits per heavy atom. The van der Waals surface area contributed by atoms with Gasteiger partial charge in [0.05, 0.1) is 19.1 Å². The summed E-state index contributed by atoms with van der Waals surface area (Å²) in [5, 5.41) is 0. The summed E-state index contributed by atoms with van der Waals surface area (Å²) in [5.41, 5.74) is 3.08. The van der Waals surface area contributed by atoms with Crippen molar-refractivity contribution < 1.29 is 16.9 Å². The molecule has 1 unspecified atom stereocenters. The topological polar surface area (TPSA) is 0 Å². The molecular formula is C20H28ClN. The van der Waals surface area contributed by atoms with Gasteiger partial charge in [-0.2, -0.15) is 0 Å². The van der Waals surface area contributed by atoms with Crippen LogP contribution in [0.4, 0.5) is 0 Å². The lowest BCUT2D eigenvalue weighted by molar-refractivity contribution is -0.965. The molecule has 0 radical (unpaired) electrons. The molecule has 0 aliphatic rings. The molecule has 0 fully saturated rings. The molecule has 0 heterocycles. The molecule has 0 bridgehead atoms. The van der Waals surface area contributed by atoms with Gasteiger partial charge in [0.25, 0.3) is 0 Å². The van der Waals surface area contributed by atoms with Crippen molar-refractivity contribution in [3.05, 3.63) is 71.8 Å². The number of quaternary nitrogens is 1. The van der Waals surface area contributed by atoms with Crippen molar-refractivity contribution in [3.63, 3.8) is 0 Å². The Morgan fingerprint density at radius 3 is 1.68 bits per heavy atom. The molecule has 2 aromatic carbocycles. The second kappa shape index (κ2) is 7.80. The second-order valence-electron chi connectivity index (χ2n) is 7.17. The van der Waals surface area contributed by atoms with Gasteiger partial charge in [-0.15, -0.1) is 0 Å². The molecule has 1 nitrogen and oxygen atoms in total. The van der Waals surface area contributed by atoms with Crippen molar-refractivity contribution in [2.75, 3.05) is 13.6 Å². The fraction of sp³-hybridized carbons (Fsp3) is 0.400. The molecule has 0 aliphatic heterocycles. The van der Waals surface area contributed by atoms with Gasteiger partial charge in [0.2, 0.25) is 0 Å². The normalized spacial score (nSPS) is 14.0. The number of hydrogen-bond acceptors (Lipinski definition) is 0. The summed E-state index contributed by atoms with van der Waals surface area (Å²) in [7, 11) is 2.38. The summed E-state index contributed by atoms with van der Waals surface area (Å²) in [6.07, 6.45) is 1.13. The molecule has 0 saturated carbocycles. The molecule has 1 atom stereocenters. The van der Waals surface area contributed by atoms with E-state index in [0.29, 0.717) is 0 Å². The summed E-state index contributed by atoms with van der Waals surface area (Å²) in [4.78, 5) is 0. The molecular weight excluding hydrogens is 290 g/mol.